The van der Waals surface area contributed by atoms with Gasteiger partial charge in [0.05, 0.1) is 5.56 Å². The lowest BCUT2D eigenvalue weighted by Crippen LogP contribution is -2.33. The van der Waals surface area contributed by atoms with Crippen LogP contribution in [0.2, 0.25) is 0 Å². The molecular formula is C29H28N2O4S. The fraction of sp³-hybridized carbons (Fsp3) is 0.241. The zero-order valence-corrected chi connectivity index (χ0v) is 20.8. The summed E-state index contributed by atoms with van der Waals surface area (Å²) in [5.74, 6) is -0.271. The van der Waals surface area contributed by atoms with Crippen molar-refractivity contribution in [2.24, 2.45) is 5.92 Å². The molecule has 1 aliphatic rings. The number of carboxylic acids is 1. The van der Waals surface area contributed by atoms with Gasteiger partial charge in [-0.25, -0.2) is 9.59 Å². The van der Waals surface area contributed by atoms with Crippen LogP contribution in [-0.2, 0) is 0 Å². The van der Waals surface area contributed by atoms with Crippen LogP contribution in [0.3, 0.4) is 0 Å². The average Bonchev–Trinajstić information content (AvgIpc) is 3.53. The number of rotatable bonds is 7. The van der Waals surface area contributed by atoms with Gasteiger partial charge >= 0.3 is 12.1 Å². The molecule has 184 valence electrons. The molecule has 7 heteroatoms. The molecule has 1 aromatic heterocycles. The van der Waals surface area contributed by atoms with Crippen LogP contribution >= 0.6 is 11.3 Å². The van der Waals surface area contributed by atoms with E-state index < -0.39 is 12.1 Å². The predicted octanol–water partition coefficient (Wildman–Crippen LogP) is 6.16. The lowest BCUT2D eigenvalue weighted by molar-refractivity contribution is 0.0697. The van der Waals surface area contributed by atoms with Gasteiger partial charge in [0, 0.05) is 36.3 Å². The molecule has 1 amide bonds. The summed E-state index contributed by atoms with van der Waals surface area (Å²) in [7, 11) is 0. The molecule has 0 bridgehead atoms. The number of carbonyl (C=O) groups excluding carboxylic acids is 1. The average molecular weight is 501 g/mol. The van der Waals surface area contributed by atoms with Crippen LogP contribution in [0.25, 0.3) is 10.1 Å². The summed E-state index contributed by atoms with van der Waals surface area (Å²) in [6.07, 6.45) is -0.418. The second-order valence-corrected chi connectivity index (χ2v) is 10.1. The van der Waals surface area contributed by atoms with Crippen LogP contribution in [0.15, 0.2) is 84.2 Å². The number of nitrogens with one attached hydrogen (secondary N) is 1. The zero-order chi connectivity index (χ0) is 25.1. The molecule has 0 spiro atoms. The fourth-order valence-corrected chi connectivity index (χ4v) is 5.96. The minimum atomic E-state index is -1.02. The van der Waals surface area contributed by atoms with E-state index in [-0.39, 0.29) is 23.4 Å². The minimum absolute atomic E-state index is 0.152. The van der Waals surface area contributed by atoms with E-state index in [9.17, 15) is 9.59 Å². The number of fused-ring (bicyclic) bond motifs is 1. The Kier molecular flexibility index (Phi) is 7.02. The normalized spacial score (nSPS) is 18.3. The molecule has 1 unspecified atom stereocenters. The van der Waals surface area contributed by atoms with Crippen molar-refractivity contribution in [3.8, 4) is 5.75 Å². The van der Waals surface area contributed by atoms with E-state index in [1.54, 1.807) is 16.2 Å². The molecule has 1 aliphatic heterocycles. The molecule has 0 radical (unpaired) electrons. The van der Waals surface area contributed by atoms with Crippen LogP contribution in [0.5, 0.6) is 5.75 Å². The number of ether oxygens (including phenoxy) is 1. The number of hydrogen-bond acceptors (Lipinski definition) is 5. The highest BCUT2D eigenvalue weighted by Gasteiger charge is 2.37. The lowest BCUT2D eigenvalue weighted by atomic mass is 9.88. The summed E-state index contributed by atoms with van der Waals surface area (Å²) in [6, 6.07) is 24.8. The highest BCUT2D eigenvalue weighted by molar-refractivity contribution is 7.17. The van der Waals surface area contributed by atoms with Gasteiger partial charge in [-0.3, -0.25) is 0 Å². The Hall–Kier alpha value is -3.68. The summed E-state index contributed by atoms with van der Waals surface area (Å²) >= 11 is 1.76. The molecule has 4 aromatic rings. The largest absolute Gasteiger partial charge is 0.478 e. The third-order valence-corrected chi connectivity index (χ3v) is 7.88. The molecule has 2 N–H and O–H groups in total. The van der Waals surface area contributed by atoms with Crippen LogP contribution in [0, 0.1) is 5.92 Å². The van der Waals surface area contributed by atoms with Crippen molar-refractivity contribution in [3.05, 3.63) is 101 Å². The molecule has 5 rings (SSSR count). The highest BCUT2D eigenvalue weighted by Crippen LogP contribution is 2.34. The van der Waals surface area contributed by atoms with Crippen LogP contribution in [-0.4, -0.2) is 41.7 Å². The fourth-order valence-electron chi connectivity index (χ4n) is 4.91. The maximum Gasteiger partial charge on any atom is 0.415 e. The van der Waals surface area contributed by atoms with Gasteiger partial charge in [0.25, 0.3) is 0 Å². The Bertz CT molecular complexity index is 1350. The lowest BCUT2D eigenvalue weighted by Gasteiger charge is -2.22. The number of thiophene rings is 1. The first-order chi connectivity index (χ1) is 17.5. The summed E-state index contributed by atoms with van der Waals surface area (Å²) in [4.78, 5) is 25.8. The third kappa shape index (κ3) is 5.12. The summed E-state index contributed by atoms with van der Waals surface area (Å²) in [5.41, 5.74) is 2.66. The van der Waals surface area contributed by atoms with Crippen molar-refractivity contribution in [1.82, 2.24) is 10.2 Å². The number of carboxylic acid groups (broad SMARTS) is 1. The number of amides is 1. The number of benzene rings is 3. The van der Waals surface area contributed by atoms with E-state index in [2.05, 4.69) is 54.0 Å². The Morgan fingerprint density at radius 1 is 1.03 bits per heavy atom. The van der Waals surface area contributed by atoms with E-state index >= 15 is 0 Å². The van der Waals surface area contributed by atoms with E-state index in [0.717, 1.165) is 6.54 Å². The van der Waals surface area contributed by atoms with Gasteiger partial charge in [0.2, 0.25) is 0 Å². The SMILES string of the molecule is CC(NC[C@H]1CN(C(=O)Oc2ccc(C(=O)O)cc2)C[C@@H]1c1ccccc1)c1csc2ccccc12. The summed E-state index contributed by atoms with van der Waals surface area (Å²) in [6.45, 7) is 4.10. The van der Waals surface area contributed by atoms with Gasteiger partial charge in [0.1, 0.15) is 5.75 Å². The third-order valence-electron chi connectivity index (χ3n) is 6.90. The van der Waals surface area contributed by atoms with Crippen molar-refractivity contribution in [3.63, 3.8) is 0 Å². The van der Waals surface area contributed by atoms with Crippen molar-refractivity contribution >= 4 is 33.5 Å². The molecular weight excluding hydrogens is 472 g/mol. The van der Waals surface area contributed by atoms with Gasteiger partial charge in [-0.05, 0) is 65.1 Å². The monoisotopic (exact) mass is 500 g/mol. The van der Waals surface area contributed by atoms with Gasteiger partial charge in [-0.1, -0.05) is 48.5 Å². The Morgan fingerprint density at radius 3 is 2.50 bits per heavy atom. The highest BCUT2D eigenvalue weighted by atomic mass is 32.1. The molecule has 1 fully saturated rings. The van der Waals surface area contributed by atoms with E-state index in [1.165, 1.54) is 45.5 Å². The van der Waals surface area contributed by atoms with Crippen molar-refractivity contribution in [2.45, 2.75) is 18.9 Å². The smallest absolute Gasteiger partial charge is 0.415 e. The number of nitrogens with zero attached hydrogens (tertiary/aromatic N) is 1. The molecule has 1 saturated heterocycles. The Labute approximate surface area is 214 Å². The van der Waals surface area contributed by atoms with Crippen LogP contribution in [0.4, 0.5) is 4.79 Å². The maximum atomic E-state index is 13.0. The minimum Gasteiger partial charge on any atom is -0.478 e. The molecule has 3 aromatic carbocycles. The van der Waals surface area contributed by atoms with Gasteiger partial charge in [-0.15, -0.1) is 11.3 Å². The predicted molar refractivity (Wildman–Crippen MR) is 142 cm³/mol. The zero-order valence-electron chi connectivity index (χ0n) is 20.0. The van der Waals surface area contributed by atoms with E-state index in [0.29, 0.717) is 18.8 Å². The Morgan fingerprint density at radius 2 is 1.75 bits per heavy atom. The number of aromatic carboxylic acids is 1. The first-order valence-electron chi connectivity index (χ1n) is 12.0. The molecule has 2 heterocycles. The number of hydrogen-bond donors (Lipinski definition) is 2. The first kappa shape index (κ1) is 24.0. The molecule has 36 heavy (non-hydrogen) atoms. The standard InChI is InChI=1S/C29H28N2O4S/c1-19(26-18-36-27-10-6-5-9-24(26)27)30-15-22-16-31(17-25(22)20-7-3-2-4-8-20)29(34)35-23-13-11-21(12-14-23)28(32)33/h2-14,18-19,22,25,30H,15-17H2,1H3,(H,32,33)/t19?,22-,25+/m0/s1. The molecule has 6 nitrogen and oxygen atoms in total. The number of likely N-dealkylation sites (tertiary alicyclic amines) is 1. The van der Waals surface area contributed by atoms with Crippen LogP contribution < -0.4 is 10.1 Å². The van der Waals surface area contributed by atoms with E-state index in [4.69, 9.17) is 9.84 Å². The Balaban J connectivity index is 1.28. The molecule has 3 atom stereocenters. The maximum absolute atomic E-state index is 13.0. The quantitative estimate of drug-likeness (QED) is 0.318. The second-order valence-electron chi connectivity index (χ2n) is 9.20. The first-order valence-corrected chi connectivity index (χ1v) is 12.9. The van der Waals surface area contributed by atoms with Gasteiger partial charge in [-0.2, -0.15) is 0 Å². The summed E-state index contributed by atoms with van der Waals surface area (Å²) < 4.78 is 6.86. The van der Waals surface area contributed by atoms with Crippen molar-refractivity contribution in [2.75, 3.05) is 19.6 Å². The van der Waals surface area contributed by atoms with Crippen molar-refractivity contribution < 1.29 is 19.4 Å². The second kappa shape index (κ2) is 10.5. The summed E-state index contributed by atoms with van der Waals surface area (Å²) in [5, 5.41) is 16.3. The van der Waals surface area contributed by atoms with Gasteiger partial charge in [0.15, 0.2) is 0 Å². The molecule has 0 aliphatic carbocycles. The van der Waals surface area contributed by atoms with Crippen LogP contribution in [0.1, 0.15) is 40.4 Å². The van der Waals surface area contributed by atoms with E-state index in [1.807, 2.05) is 18.2 Å². The van der Waals surface area contributed by atoms with Crippen molar-refractivity contribution in [1.29, 1.82) is 0 Å². The topological polar surface area (TPSA) is 78.9 Å². The van der Waals surface area contributed by atoms with Gasteiger partial charge < -0.3 is 20.1 Å². The number of carbonyl (C=O) groups is 2. The molecule has 0 saturated carbocycles.